The number of rotatable bonds is 5. The van der Waals surface area contributed by atoms with Crippen molar-refractivity contribution in [2.24, 2.45) is 0 Å². The molecule has 0 aliphatic carbocycles. The third kappa shape index (κ3) is 5.00. The molecule has 0 saturated carbocycles. The minimum atomic E-state index is 0.0958. The molecule has 108 valence electrons. The van der Waals surface area contributed by atoms with Crippen LogP contribution in [-0.2, 0) is 6.54 Å². The number of anilines is 1. The van der Waals surface area contributed by atoms with Crippen molar-refractivity contribution in [2.75, 3.05) is 11.4 Å². The lowest BCUT2D eigenvalue weighted by molar-refractivity contribution is 0.424. The molecule has 1 rings (SSSR count). The van der Waals surface area contributed by atoms with Gasteiger partial charge in [0.25, 0.3) is 0 Å². The fourth-order valence-corrected chi connectivity index (χ4v) is 2.20. The van der Waals surface area contributed by atoms with Gasteiger partial charge in [-0.1, -0.05) is 11.6 Å². The third-order valence-corrected chi connectivity index (χ3v) is 3.22. The van der Waals surface area contributed by atoms with E-state index in [2.05, 4.69) is 56.7 Å². The molecular weight excluding hydrogens is 258 g/mol. The smallest absolute Gasteiger partial charge is 0.147 e. The average molecular weight is 284 g/mol. The minimum absolute atomic E-state index is 0.0958. The molecule has 0 aromatic carbocycles. The van der Waals surface area contributed by atoms with Crippen LogP contribution in [0.5, 0.6) is 0 Å². The van der Waals surface area contributed by atoms with Gasteiger partial charge in [-0.25, -0.2) is 4.98 Å². The fraction of sp³-hybridized carbons (Fsp3) is 0.667. The lowest BCUT2D eigenvalue weighted by Crippen LogP contribution is -2.35. The monoisotopic (exact) mass is 283 g/mol. The van der Waals surface area contributed by atoms with Gasteiger partial charge in [0, 0.05) is 30.9 Å². The first kappa shape index (κ1) is 16.3. The van der Waals surface area contributed by atoms with Crippen LogP contribution in [0.2, 0.25) is 5.02 Å². The molecule has 1 heterocycles. The highest BCUT2D eigenvalue weighted by Crippen LogP contribution is 2.25. The van der Waals surface area contributed by atoms with Gasteiger partial charge in [-0.2, -0.15) is 0 Å². The maximum absolute atomic E-state index is 6.37. The van der Waals surface area contributed by atoms with Crippen molar-refractivity contribution in [2.45, 2.75) is 59.7 Å². The van der Waals surface area contributed by atoms with Crippen molar-refractivity contribution in [1.82, 2.24) is 10.3 Å². The summed E-state index contributed by atoms with van der Waals surface area (Å²) < 4.78 is 0. The Labute approximate surface area is 122 Å². The van der Waals surface area contributed by atoms with E-state index in [0.717, 1.165) is 29.5 Å². The van der Waals surface area contributed by atoms with Gasteiger partial charge in [-0.05, 0) is 53.2 Å². The maximum atomic E-state index is 6.37. The number of nitrogens with one attached hydrogen (secondary N) is 1. The fourth-order valence-electron chi connectivity index (χ4n) is 1.91. The molecule has 0 saturated heterocycles. The molecule has 1 N–H and O–H groups in total. The van der Waals surface area contributed by atoms with E-state index < -0.39 is 0 Å². The lowest BCUT2D eigenvalue weighted by Gasteiger charge is -2.27. The molecule has 0 spiro atoms. The van der Waals surface area contributed by atoms with Crippen molar-refractivity contribution >= 4 is 17.4 Å². The first-order valence-electron chi connectivity index (χ1n) is 6.90. The van der Waals surface area contributed by atoms with E-state index in [-0.39, 0.29) is 5.54 Å². The maximum Gasteiger partial charge on any atom is 0.147 e. The molecule has 19 heavy (non-hydrogen) atoms. The summed E-state index contributed by atoms with van der Waals surface area (Å²) >= 11 is 6.37. The van der Waals surface area contributed by atoms with Crippen molar-refractivity contribution in [3.05, 3.63) is 22.8 Å². The van der Waals surface area contributed by atoms with Crippen LogP contribution in [0, 0.1) is 0 Å². The van der Waals surface area contributed by atoms with Gasteiger partial charge in [0.2, 0.25) is 0 Å². The second kappa shape index (κ2) is 6.58. The van der Waals surface area contributed by atoms with Crippen LogP contribution < -0.4 is 10.2 Å². The van der Waals surface area contributed by atoms with Crippen LogP contribution in [0.3, 0.4) is 0 Å². The molecule has 4 heteroatoms. The van der Waals surface area contributed by atoms with Crippen molar-refractivity contribution in [1.29, 1.82) is 0 Å². The Balaban J connectivity index is 2.85. The summed E-state index contributed by atoms with van der Waals surface area (Å²) in [4.78, 5) is 6.72. The molecule has 0 unspecified atom stereocenters. The molecule has 0 bridgehead atoms. The highest BCUT2D eigenvalue weighted by atomic mass is 35.5. The second-order valence-electron chi connectivity index (χ2n) is 6.13. The van der Waals surface area contributed by atoms with Crippen molar-refractivity contribution < 1.29 is 0 Å². The zero-order chi connectivity index (χ0) is 14.6. The van der Waals surface area contributed by atoms with Crippen LogP contribution in [-0.4, -0.2) is 23.1 Å². The van der Waals surface area contributed by atoms with Gasteiger partial charge in [0.1, 0.15) is 5.82 Å². The molecule has 0 aliphatic heterocycles. The standard InChI is InChI=1S/C15H26ClN3/c1-7-19(11(2)3)14-13(16)8-12(9-17-14)10-18-15(4,5)6/h8-9,11,18H,7,10H2,1-6H3. The Bertz CT molecular complexity index is 410. The van der Waals surface area contributed by atoms with Gasteiger partial charge >= 0.3 is 0 Å². The number of halogens is 1. The summed E-state index contributed by atoms with van der Waals surface area (Å²) in [5.74, 6) is 0.874. The lowest BCUT2D eigenvalue weighted by atomic mass is 10.1. The van der Waals surface area contributed by atoms with Crippen molar-refractivity contribution in [3.8, 4) is 0 Å². The summed E-state index contributed by atoms with van der Waals surface area (Å²) in [6.07, 6.45) is 1.91. The normalized spacial score (nSPS) is 12.0. The molecule has 0 radical (unpaired) electrons. The zero-order valence-corrected chi connectivity index (χ0v) is 13.7. The SMILES string of the molecule is CCN(c1ncc(CNC(C)(C)C)cc1Cl)C(C)C. The number of hydrogen-bond donors (Lipinski definition) is 1. The third-order valence-electron chi connectivity index (χ3n) is 2.94. The Morgan fingerprint density at radius 1 is 1.37 bits per heavy atom. The van der Waals surface area contributed by atoms with E-state index in [1.54, 1.807) is 0 Å². The minimum Gasteiger partial charge on any atom is -0.353 e. The molecule has 0 amide bonds. The van der Waals surface area contributed by atoms with E-state index in [1.807, 2.05) is 12.3 Å². The second-order valence-corrected chi connectivity index (χ2v) is 6.54. The number of aromatic nitrogens is 1. The predicted octanol–water partition coefficient (Wildman–Crippen LogP) is 3.86. The Morgan fingerprint density at radius 3 is 2.42 bits per heavy atom. The largest absolute Gasteiger partial charge is 0.353 e. The number of hydrogen-bond acceptors (Lipinski definition) is 3. The number of pyridine rings is 1. The number of nitrogens with zero attached hydrogens (tertiary/aromatic N) is 2. The highest BCUT2D eigenvalue weighted by molar-refractivity contribution is 6.33. The van der Waals surface area contributed by atoms with Crippen LogP contribution in [0.15, 0.2) is 12.3 Å². The predicted molar refractivity (Wildman–Crippen MR) is 84.0 cm³/mol. The highest BCUT2D eigenvalue weighted by Gasteiger charge is 2.15. The average Bonchev–Trinajstić information content (AvgIpc) is 2.28. The summed E-state index contributed by atoms with van der Waals surface area (Å²) in [6, 6.07) is 2.40. The first-order valence-corrected chi connectivity index (χ1v) is 7.28. The van der Waals surface area contributed by atoms with Gasteiger partial charge in [0.05, 0.1) is 5.02 Å². The summed E-state index contributed by atoms with van der Waals surface area (Å²) in [5.41, 5.74) is 1.21. The van der Waals surface area contributed by atoms with E-state index in [4.69, 9.17) is 11.6 Å². The van der Waals surface area contributed by atoms with Crippen LogP contribution in [0.4, 0.5) is 5.82 Å². The first-order chi connectivity index (χ1) is 8.74. The summed E-state index contributed by atoms with van der Waals surface area (Å²) in [6.45, 7) is 14.5. The van der Waals surface area contributed by atoms with Crippen LogP contribution in [0.25, 0.3) is 0 Å². The van der Waals surface area contributed by atoms with E-state index in [0.29, 0.717) is 6.04 Å². The van der Waals surface area contributed by atoms with Crippen molar-refractivity contribution in [3.63, 3.8) is 0 Å². The van der Waals surface area contributed by atoms with Gasteiger partial charge in [0.15, 0.2) is 0 Å². The quantitative estimate of drug-likeness (QED) is 0.889. The molecule has 0 aliphatic rings. The van der Waals surface area contributed by atoms with Gasteiger partial charge in [-0.3, -0.25) is 0 Å². The van der Waals surface area contributed by atoms with E-state index in [9.17, 15) is 0 Å². The van der Waals surface area contributed by atoms with Gasteiger partial charge in [-0.15, -0.1) is 0 Å². The summed E-state index contributed by atoms with van der Waals surface area (Å²) in [5, 5.41) is 4.16. The van der Waals surface area contributed by atoms with Gasteiger partial charge < -0.3 is 10.2 Å². The molecule has 0 atom stereocenters. The Morgan fingerprint density at radius 2 is 2.00 bits per heavy atom. The van der Waals surface area contributed by atoms with Crippen LogP contribution >= 0.6 is 11.6 Å². The zero-order valence-electron chi connectivity index (χ0n) is 12.9. The topological polar surface area (TPSA) is 28.2 Å². The molecule has 0 fully saturated rings. The van der Waals surface area contributed by atoms with E-state index >= 15 is 0 Å². The molecule has 1 aromatic rings. The Kier molecular flexibility index (Phi) is 5.63. The molecule has 1 aromatic heterocycles. The van der Waals surface area contributed by atoms with Crippen LogP contribution in [0.1, 0.15) is 47.1 Å². The molecular formula is C15H26ClN3. The van der Waals surface area contributed by atoms with E-state index in [1.165, 1.54) is 0 Å². The Hall–Kier alpha value is -0.800. The summed E-state index contributed by atoms with van der Waals surface area (Å²) in [7, 11) is 0. The molecule has 3 nitrogen and oxygen atoms in total.